The zero-order valence-electron chi connectivity index (χ0n) is 17.0. The van der Waals surface area contributed by atoms with Crippen LogP contribution in [0.3, 0.4) is 0 Å². The summed E-state index contributed by atoms with van der Waals surface area (Å²) in [6, 6.07) is 13.8. The Morgan fingerprint density at radius 2 is 1.64 bits per heavy atom. The summed E-state index contributed by atoms with van der Waals surface area (Å²) in [4.78, 5) is 15.2. The number of quaternary nitrogens is 2. The van der Waals surface area contributed by atoms with Gasteiger partial charge >= 0.3 is 0 Å². The van der Waals surface area contributed by atoms with Crippen molar-refractivity contribution < 1.29 is 24.1 Å². The Hall–Kier alpha value is -2.57. The number of carbonyl (C=O) groups excluding carboxylic acids is 1. The van der Waals surface area contributed by atoms with Crippen molar-refractivity contribution in [3.63, 3.8) is 0 Å². The van der Waals surface area contributed by atoms with Crippen molar-refractivity contribution in [2.75, 3.05) is 52.3 Å². The van der Waals surface area contributed by atoms with Gasteiger partial charge in [0.05, 0.1) is 14.2 Å². The topological polar surface area (TPSA) is 56.4 Å². The number of amides is 1. The first kappa shape index (κ1) is 20.2. The molecule has 0 radical (unpaired) electrons. The van der Waals surface area contributed by atoms with E-state index >= 15 is 0 Å². The van der Waals surface area contributed by atoms with Gasteiger partial charge in [-0.25, -0.2) is 0 Å². The molecule has 1 fully saturated rings. The van der Waals surface area contributed by atoms with Crippen LogP contribution in [0.5, 0.6) is 11.5 Å². The van der Waals surface area contributed by atoms with Gasteiger partial charge in [0.2, 0.25) is 0 Å². The van der Waals surface area contributed by atoms with E-state index in [0.29, 0.717) is 6.54 Å². The highest BCUT2D eigenvalue weighted by molar-refractivity contribution is 5.91. The predicted molar refractivity (Wildman–Crippen MR) is 109 cm³/mol. The number of anilines is 1. The number of hydrogen-bond acceptors (Lipinski definition) is 3. The van der Waals surface area contributed by atoms with E-state index in [1.165, 1.54) is 16.0 Å². The highest BCUT2D eigenvalue weighted by atomic mass is 16.5. The molecule has 1 saturated heterocycles. The van der Waals surface area contributed by atoms with E-state index in [2.05, 4.69) is 30.4 Å². The summed E-state index contributed by atoms with van der Waals surface area (Å²) in [5, 5.41) is 2.97. The first-order valence-electron chi connectivity index (χ1n) is 9.82. The first-order valence-corrected chi connectivity index (χ1v) is 9.82. The van der Waals surface area contributed by atoms with E-state index in [1.54, 1.807) is 19.1 Å². The molecule has 0 saturated carbocycles. The average Bonchev–Trinajstić information content (AvgIpc) is 2.70. The number of nitrogens with one attached hydrogen (secondary N) is 3. The maximum Gasteiger partial charge on any atom is 0.279 e. The average molecular weight is 386 g/mol. The van der Waals surface area contributed by atoms with Crippen LogP contribution in [-0.4, -0.2) is 52.9 Å². The Labute approximate surface area is 167 Å². The lowest BCUT2D eigenvalue weighted by atomic mass is 10.1. The maximum atomic E-state index is 12.3. The number of rotatable bonds is 7. The van der Waals surface area contributed by atoms with Crippen molar-refractivity contribution in [1.82, 2.24) is 0 Å². The van der Waals surface area contributed by atoms with Crippen LogP contribution in [0.4, 0.5) is 5.69 Å². The second kappa shape index (κ2) is 9.57. The van der Waals surface area contributed by atoms with Crippen molar-refractivity contribution in [3.05, 3.63) is 53.6 Å². The molecule has 0 spiro atoms. The number of benzene rings is 2. The van der Waals surface area contributed by atoms with Gasteiger partial charge in [-0.2, -0.15) is 0 Å². The van der Waals surface area contributed by atoms with Crippen molar-refractivity contribution in [2.45, 2.75) is 13.5 Å². The Morgan fingerprint density at radius 3 is 2.29 bits per heavy atom. The quantitative estimate of drug-likeness (QED) is 0.626. The van der Waals surface area contributed by atoms with Crippen molar-refractivity contribution in [3.8, 4) is 11.5 Å². The molecule has 6 nitrogen and oxygen atoms in total. The molecule has 3 rings (SSSR count). The molecular weight excluding hydrogens is 354 g/mol. The van der Waals surface area contributed by atoms with Crippen LogP contribution < -0.4 is 24.6 Å². The van der Waals surface area contributed by atoms with Crippen molar-refractivity contribution in [1.29, 1.82) is 0 Å². The summed E-state index contributed by atoms with van der Waals surface area (Å²) in [6.45, 7) is 7.70. The standard InChI is InChI=1S/C22H29N3O3/c1-17-4-9-21(28-3)18(14-17)15-24-10-12-25(13-11-24)16-22(26)23-19-5-7-20(27-2)8-6-19/h4-9,14H,10-13,15-16H2,1-3H3,(H,23,26)/p+2. The fraction of sp³-hybridized carbons (Fsp3) is 0.409. The molecule has 1 heterocycles. The molecule has 150 valence electrons. The number of carbonyl (C=O) groups is 1. The number of ether oxygens (including phenoxy) is 2. The van der Waals surface area contributed by atoms with E-state index in [1.807, 2.05) is 24.3 Å². The van der Waals surface area contributed by atoms with Gasteiger partial charge in [0.1, 0.15) is 44.2 Å². The molecule has 0 aromatic heterocycles. The first-order chi connectivity index (χ1) is 13.6. The molecule has 0 atom stereocenters. The molecule has 1 amide bonds. The SMILES string of the molecule is COc1ccc(NC(=O)C[NH+]2CC[NH+](Cc3cc(C)ccc3OC)CC2)cc1. The molecule has 1 aliphatic rings. The molecule has 1 aliphatic heterocycles. The van der Waals surface area contributed by atoms with Crippen LogP contribution in [0.1, 0.15) is 11.1 Å². The second-order valence-electron chi connectivity index (χ2n) is 7.45. The minimum absolute atomic E-state index is 0.0592. The summed E-state index contributed by atoms with van der Waals surface area (Å²) in [7, 11) is 3.36. The Kier molecular flexibility index (Phi) is 6.90. The third kappa shape index (κ3) is 5.47. The predicted octanol–water partition coefficient (Wildman–Crippen LogP) is -0.0657. The molecule has 0 unspecified atom stereocenters. The largest absolute Gasteiger partial charge is 0.497 e. The molecule has 0 bridgehead atoms. The molecule has 28 heavy (non-hydrogen) atoms. The van der Waals surface area contributed by atoms with E-state index in [4.69, 9.17) is 9.47 Å². The summed E-state index contributed by atoms with van der Waals surface area (Å²) in [6.07, 6.45) is 0. The van der Waals surface area contributed by atoms with Gasteiger partial charge < -0.3 is 24.6 Å². The number of aryl methyl sites for hydroxylation is 1. The van der Waals surface area contributed by atoms with Crippen LogP contribution in [0.2, 0.25) is 0 Å². The molecule has 6 heteroatoms. The van der Waals surface area contributed by atoms with Gasteiger partial charge in [0, 0.05) is 11.3 Å². The van der Waals surface area contributed by atoms with Gasteiger partial charge in [-0.15, -0.1) is 0 Å². The van der Waals surface area contributed by atoms with Gasteiger partial charge in [-0.3, -0.25) is 4.79 Å². The van der Waals surface area contributed by atoms with Crippen molar-refractivity contribution in [2.24, 2.45) is 0 Å². The fourth-order valence-corrected chi connectivity index (χ4v) is 3.73. The summed E-state index contributed by atoms with van der Waals surface area (Å²) >= 11 is 0. The number of methoxy groups -OCH3 is 2. The third-order valence-corrected chi connectivity index (χ3v) is 5.32. The van der Waals surface area contributed by atoms with Crippen LogP contribution in [0, 0.1) is 6.92 Å². The molecule has 2 aromatic carbocycles. The highest BCUT2D eigenvalue weighted by Crippen LogP contribution is 2.18. The van der Waals surface area contributed by atoms with Crippen LogP contribution in [-0.2, 0) is 11.3 Å². The van der Waals surface area contributed by atoms with Gasteiger partial charge in [0.15, 0.2) is 6.54 Å². The smallest absolute Gasteiger partial charge is 0.279 e. The minimum atomic E-state index is 0.0592. The van der Waals surface area contributed by atoms with E-state index in [0.717, 1.165) is 49.9 Å². The van der Waals surface area contributed by atoms with Gasteiger partial charge in [-0.05, 0) is 43.3 Å². The number of hydrogen-bond donors (Lipinski definition) is 3. The zero-order chi connectivity index (χ0) is 19.9. The Bertz CT molecular complexity index is 784. The lowest BCUT2D eigenvalue weighted by Crippen LogP contribution is -3.28. The fourth-order valence-electron chi connectivity index (χ4n) is 3.73. The Balaban J connectivity index is 1.46. The molecule has 0 aliphatic carbocycles. The van der Waals surface area contributed by atoms with Crippen LogP contribution in [0.15, 0.2) is 42.5 Å². The normalized spacial score (nSPS) is 19.1. The second-order valence-corrected chi connectivity index (χ2v) is 7.45. The minimum Gasteiger partial charge on any atom is -0.497 e. The summed E-state index contributed by atoms with van der Waals surface area (Å²) in [5.41, 5.74) is 3.33. The molecule has 2 aromatic rings. The summed E-state index contributed by atoms with van der Waals surface area (Å²) in [5.74, 6) is 1.81. The third-order valence-electron chi connectivity index (χ3n) is 5.32. The maximum absolute atomic E-state index is 12.3. The van der Waals surface area contributed by atoms with Gasteiger partial charge in [-0.1, -0.05) is 11.6 Å². The molecular formula is C22H31N3O3+2. The van der Waals surface area contributed by atoms with E-state index < -0.39 is 0 Å². The van der Waals surface area contributed by atoms with Gasteiger partial charge in [0.25, 0.3) is 5.91 Å². The summed E-state index contributed by atoms with van der Waals surface area (Å²) < 4.78 is 10.6. The lowest BCUT2D eigenvalue weighted by Gasteiger charge is -2.29. The highest BCUT2D eigenvalue weighted by Gasteiger charge is 2.25. The monoisotopic (exact) mass is 385 g/mol. The Morgan fingerprint density at radius 1 is 0.964 bits per heavy atom. The zero-order valence-corrected chi connectivity index (χ0v) is 17.0. The van der Waals surface area contributed by atoms with Crippen molar-refractivity contribution >= 4 is 11.6 Å². The van der Waals surface area contributed by atoms with Crippen LogP contribution >= 0.6 is 0 Å². The lowest BCUT2D eigenvalue weighted by molar-refractivity contribution is -1.02. The van der Waals surface area contributed by atoms with E-state index in [-0.39, 0.29) is 5.91 Å². The van der Waals surface area contributed by atoms with Crippen LogP contribution in [0.25, 0.3) is 0 Å². The number of piperazine rings is 1. The molecule has 3 N–H and O–H groups in total. The van der Waals surface area contributed by atoms with E-state index in [9.17, 15) is 4.79 Å².